The Morgan fingerprint density at radius 1 is 0.846 bits per heavy atom. The molecule has 0 saturated carbocycles. The highest BCUT2D eigenvalue weighted by Gasteiger charge is 2.21. The Hall–Kier alpha value is -3.09. The Morgan fingerprint density at radius 2 is 1.65 bits per heavy atom. The summed E-state index contributed by atoms with van der Waals surface area (Å²) in [6.45, 7) is 1.98. The lowest BCUT2D eigenvalue weighted by molar-refractivity contribution is 0.397. The second-order valence-electron chi connectivity index (χ2n) is 6.42. The lowest BCUT2D eigenvalue weighted by Gasteiger charge is -2.31. The average Bonchev–Trinajstić information content (AvgIpc) is 2.72. The van der Waals surface area contributed by atoms with E-state index in [0.717, 1.165) is 49.8 Å². The van der Waals surface area contributed by atoms with E-state index in [1.807, 2.05) is 30.5 Å². The molecule has 26 heavy (non-hydrogen) atoms. The van der Waals surface area contributed by atoms with Crippen LogP contribution in [-0.2, 0) is 6.42 Å². The van der Waals surface area contributed by atoms with Gasteiger partial charge in [0.25, 0.3) is 0 Å². The molecule has 0 aliphatic carbocycles. The van der Waals surface area contributed by atoms with E-state index in [9.17, 15) is 0 Å². The van der Waals surface area contributed by atoms with Gasteiger partial charge in [-0.2, -0.15) is 0 Å². The molecule has 7 heteroatoms. The first kappa shape index (κ1) is 16.4. The SMILES string of the molecule is c1ccc(Nc2cnc(CC3CCN(c4ncccn4)CC3)cn2)nc1. The van der Waals surface area contributed by atoms with Gasteiger partial charge in [-0.15, -0.1) is 0 Å². The lowest BCUT2D eigenvalue weighted by atomic mass is 9.92. The predicted octanol–water partition coefficient (Wildman–Crippen LogP) is 2.86. The van der Waals surface area contributed by atoms with Crippen LogP contribution in [0.3, 0.4) is 0 Å². The summed E-state index contributed by atoms with van der Waals surface area (Å²) in [6.07, 6.45) is 12.2. The zero-order chi connectivity index (χ0) is 17.6. The van der Waals surface area contributed by atoms with Gasteiger partial charge in [0, 0.05) is 31.7 Å². The topological polar surface area (TPSA) is 79.7 Å². The van der Waals surface area contributed by atoms with Crippen LogP contribution in [0.4, 0.5) is 17.6 Å². The molecule has 0 spiro atoms. The van der Waals surface area contributed by atoms with Crippen LogP contribution in [-0.4, -0.2) is 38.0 Å². The Bertz CT molecular complexity index is 800. The molecule has 4 rings (SSSR count). The highest BCUT2D eigenvalue weighted by molar-refractivity contribution is 5.49. The smallest absolute Gasteiger partial charge is 0.225 e. The molecule has 7 nitrogen and oxygen atoms in total. The minimum atomic E-state index is 0.624. The van der Waals surface area contributed by atoms with Gasteiger partial charge < -0.3 is 10.2 Å². The van der Waals surface area contributed by atoms with E-state index >= 15 is 0 Å². The van der Waals surface area contributed by atoms with Gasteiger partial charge in [0.05, 0.1) is 18.1 Å². The third-order valence-corrected chi connectivity index (χ3v) is 4.57. The Labute approximate surface area is 152 Å². The summed E-state index contributed by atoms with van der Waals surface area (Å²) in [4.78, 5) is 24.2. The fraction of sp³-hybridized carbons (Fsp3) is 0.316. The highest BCUT2D eigenvalue weighted by atomic mass is 15.2. The summed E-state index contributed by atoms with van der Waals surface area (Å²) in [5.74, 6) is 2.93. The molecule has 4 heterocycles. The summed E-state index contributed by atoms with van der Waals surface area (Å²) in [7, 11) is 0. The third kappa shape index (κ3) is 4.11. The first-order valence-electron chi connectivity index (χ1n) is 8.88. The van der Waals surface area contributed by atoms with Crippen LogP contribution >= 0.6 is 0 Å². The zero-order valence-corrected chi connectivity index (χ0v) is 14.5. The van der Waals surface area contributed by atoms with E-state index in [0.29, 0.717) is 11.7 Å². The largest absolute Gasteiger partial charge is 0.341 e. The monoisotopic (exact) mass is 347 g/mol. The van der Waals surface area contributed by atoms with Crippen molar-refractivity contribution in [1.82, 2.24) is 24.9 Å². The van der Waals surface area contributed by atoms with E-state index in [2.05, 4.69) is 35.1 Å². The first-order chi connectivity index (χ1) is 12.9. The number of rotatable bonds is 5. The minimum absolute atomic E-state index is 0.624. The van der Waals surface area contributed by atoms with Gasteiger partial charge in [-0.05, 0) is 43.4 Å². The molecule has 0 amide bonds. The second kappa shape index (κ2) is 7.86. The van der Waals surface area contributed by atoms with Crippen LogP contribution in [0.15, 0.2) is 55.2 Å². The third-order valence-electron chi connectivity index (χ3n) is 4.57. The molecule has 1 saturated heterocycles. The van der Waals surface area contributed by atoms with Crippen molar-refractivity contribution in [3.05, 3.63) is 60.9 Å². The molecule has 1 N–H and O–H groups in total. The molecule has 0 bridgehead atoms. The molecule has 1 aliphatic rings. The Morgan fingerprint density at radius 3 is 2.35 bits per heavy atom. The van der Waals surface area contributed by atoms with Gasteiger partial charge in [-0.3, -0.25) is 4.98 Å². The van der Waals surface area contributed by atoms with Crippen LogP contribution in [0.2, 0.25) is 0 Å². The fourth-order valence-electron chi connectivity index (χ4n) is 3.18. The Kier molecular flexibility index (Phi) is 4.95. The maximum absolute atomic E-state index is 4.56. The van der Waals surface area contributed by atoms with E-state index in [1.54, 1.807) is 24.8 Å². The van der Waals surface area contributed by atoms with Crippen LogP contribution < -0.4 is 10.2 Å². The summed E-state index contributed by atoms with van der Waals surface area (Å²) in [6, 6.07) is 7.57. The number of aromatic nitrogens is 5. The fourth-order valence-corrected chi connectivity index (χ4v) is 3.18. The zero-order valence-electron chi connectivity index (χ0n) is 14.5. The van der Waals surface area contributed by atoms with Gasteiger partial charge in [0.15, 0.2) is 0 Å². The average molecular weight is 347 g/mol. The molecular weight excluding hydrogens is 326 g/mol. The summed E-state index contributed by atoms with van der Waals surface area (Å²) in [5.41, 5.74) is 1.03. The number of anilines is 3. The van der Waals surface area contributed by atoms with E-state index < -0.39 is 0 Å². The predicted molar refractivity (Wildman–Crippen MR) is 100 cm³/mol. The van der Waals surface area contributed by atoms with Crippen LogP contribution in [0.1, 0.15) is 18.5 Å². The number of hydrogen-bond donors (Lipinski definition) is 1. The molecule has 3 aromatic heterocycles. The molecule has 132 valence electrons. The van der Waals surface area contributed by atoms with E-state index in [-0.39, 0.29) is 0 Å². The quantitative estimate of drug-likeness (QED) is 0.760. The van der Waals surface area contributed by atoms with Crippen molar-refractivity contribution in [1.29, 1.82) is 0 Å². The molecule has 0 atom stereocenters. The summed E-state index contributed by atoms with van der Waals surface area (Å²) < 4.78 is 0. The van der Waals surface area contributed by atoms with E-state index in [1.165, 1.54) is 0 Å². The molecule has 1 fully saturated rings. The number of hydrogen-bond acceptors (Lipinski definition) is 7. The maximum atomic E-state index is 4.56. The molecule has 0 aromatic carbocycles. The van der Waals surface area contributed by atoms with Crippen molar-refractivity contribution in [2.75, 3.05) is 23.3 Å². The summed E-state index contributed by atoms with van der Waals surface area (Å²) >= 11 is 0. The van der Waals surface area contributed by atoms with Crippen molar-refractivity contribution >= 4 is 17.6 Å². The van der Waals surface area contributed by atoms with Crippen LogP contribution in [0, 0.1) is 5.92 Å². The maximum Gasteiger partial charge on any atom is 0.225 e. The van der Waals surface area contributed by atoms with Gasteiger partial charge in [0.2, 0.25) is 5.95 Å². The van der Waals surface area contributed by atoms with Gasteiger partial charge in [-0.25, -0.2) is 19.9 Å². The van der Waals surface area contributed by atoms with Crippen molar-refractivity contribution in [3.8, 4) is 0 Å². The van der Waals surface area contributed by atoms with Crippen LogP contribution in [0.25, 0.3) is 0 Å². The van der Waals surface area contributed by atoms with Crippen molar-refractivity contribution in [2.24, 2.45) is 5.92 Å². The van der Waals surface area contributed by atoms with Crippen molar-refractivity contribution < 1.29 is 0 Å². The van der Waals surface area contributed by atoms with E-state index in [4.69, 9.17) is 0 Å². The first-order valence-corrected chi connectivity index (χ1v) is 8.88. The molecule has 3 aromatic rings. The number of nitrogens with zero attached hydrogens (tertiary/aromatic N) is 6. The molecular formula is C19H21N7. The van der Waals surface area contributed by atoms with Crippen LogP contribution in [0.5, 0.6) is 0 Å². The number of piperidine rings is 1. The van der Waals surface area contributed by atoms with Gasteiger partial charge >= 0.3 is 0 Å². The Balaban J connectivity index is 1.30. The van der Waals surface area contributed by atoms with Gasteiger partial charge in [0.1, 0.15) is 11.6 Å². The van der Waals surface area contributed by atoms with Crippen molar-refractivity contribution in [3.63, 3.8) is 0 Å². The second-order valence-corrected chi connectivity index (χ2v) is 6.42. The molecule has 0 radical (unpaired) electrons. The summed E-state index contributed by atoms with van der Waals surface area (Å²) in [5, 5.41) is 3.15. The lowest BCUT2D eigenvalue weighted by Crippen LogP contribution is -2.35. The van der Waals surface area contributed by atoms with Gasteiger partial charge in [-0.1, -0.05) is 6.07 Å². The normalized spacial score (nSPS) is 15.0. The molecule has 0 unspecified atom stereocenters. The molecule has 1 aliphatic heterocycles. The highest BCUT2D eigenvalue weighted by Crippen LogP contribution is 2.23. The number of nitrogens with one attached hydrogen (secondary N) is 1. The minimum Gasteiger partial charge on any atom is -0.341 e. The standard InChI is InChI=1S/C19H21N7/c1-2-7-20-17(4-1)25-18-14-23-16(13-24-18)12-15-5-10-26(11-6-15)19-21-8-3-9-22-19/h1-4,7-9,13-15H,5-6,10-12H2,(H,20,24,25). The number of pyridine rings is 1. The van der Waals surface area contributed by atoms with Crippen molar-refractivity contribution in [2.45, 2.75) is 19.3 Å².